The zero-order chi connectivity index (χ0) is 12.0. The third kappa shape index (κ3) is 5.73. The highest BCUT2D eigenvalue weighted by Gasteiger charge is 2.27. The molecular formula is C13H27ClN2O. The molecule has 1 rings (SSSR count). The molecule has 0 radical (unpaired) electrons. The van der Waals surface area contributed by atoms with Crippen molar-refractivity contribution in [3.05, 3.63) is 0 Å². The maximum absolute atomic E-state index is 11.8. The molecular weight excluding hydrogens is 236 g/mol. The van der Waals surface area contributed by atoms with Crippen LogP contribution >= 0.6 is 12.4 Å². The highest BCUT2D eigenvalue weighted by atomic mass is 35.5. The van der Waals surface area contributed by atoms with Gasteiger partial charge in [-0.3, -0.25) is 4.79 Å². The van der Waals surface area contributed by atoms with Gasteiger partial charge < -0.3 is 11.1 Å². The molecule has 1 saturated carbocycles. The summed E-state index contributed by atoms with van der Waals surface area (Å²) in [6.45, 7) is 5.02. The van der Waals surface area contributed by atoms with E-state index in [9.17, 15) is 4.79 Å². The van der Waals surface area contributed by atoms with Crippen molar-refractivity contribution in [1.29, 1.82) is 0 Å². The average Bonchev–Trinajstić information content (AvgIpc) is 2.65. The third-order valence-corrected chi connectivity index (χ3v) is 3.62. The summed E-state index contributed by atoms with van der Waals surface area (Å²) in [5, 5.41) is 3.15. The molecule has 1 aliphatic carbocycles. The van der Waals surface area contributed by atoms with Gasteiger partial charge in [-0.1, -0.05) is 33.1 Å². The maximum atomic E-state index is 11.8. The van der Waals surface area contributed by atoms with Gasteiger partial charge in [-0.05, 0) is 31.2 Å². The fourth-order valence-corrected chi connectivity index (χ4v) is 2.69. The van der Waals surface area contributed by atoms with Gasteiger partial charge in [0.25, 0.3) is 0 Å². The van der Waals surface area contributed by atoms with Gasteiger partial charge in [-0.25, -0.2) is 0 Å². The summed E-state index contributed by atoms with van der Waals surface area (Å²) < 4.78 is 0. The minimum Gasteiger partial charge on any atom is -0.353 e. The first-order chi connectivity index (χ1) is 7.67. The predicted octanol–water partition coefficient (Wildman–Crippen LogP) is 2.48. The minimum absolute atomic E-state index is 0. The third-order valence-electron chi connectivity index (χ3n) is 3.62. The maximum Gasteiger partial charge on any atom is 0.220 e. The van der Waals surface area contributed by atoms with E-state index in [2.05, 4.69) is 19.2 Å². The highest BCUT2D eigenvalue weighted by molar-refractivity contribution is 5.85. The molecule has 1 fully saturated rings. The van der Waals surface area contributed by atoms with Crippen LogP contribution in [0.3, 0.4) is 0 Å². The highest BCUT2D eigenvalue weighted by Crippen LogP contribution is 2.24. The molecule has 0 bridgehead atoms. The molecule has 3 unspecified atom stereocenters. The Morgan fingerprint density at radius 3 is 2.76 bits per heavy atom. The molecule has 1 amide bonds. The normalized spacial score (nSPS) is 25.1. The van der Waals surface area contributed by atoms with Crippen molar-refractivity contribution in [2.24, 2.45) is 17.6 Å². The average molecular weight is 263 g/mol. The van der Waals surface area contributed by atoms with Crippen LogP contribution in [0.25, 0.3) is 0 Å². The van der Waals surface area contributed by atoms with Crippen LogP contribution in [-0.2, 0) is 4.79 Å². The van der Waals surface area contributed by atoms with Gasteiger partial charge in [0, 0.05) is 12.5 Å². The Bertz CT molecular complexity index is 223. The van der Waals surface area contributed by atoms with E-state index in [0.717, 1.165) is 19.3 Å². The SMILES string of the molecule is CCCC(C)CC(=O)NC1CCCC1CN.Cl. The molecule has 3 atom stereocenters. The van der Waals surface area contributed by atoms with Crippen molar-refractivity contribution in [2.45, 2.75) is 58.4 Å². The number of halogens is 1. The number of nitrogens with two attached hydrogens (primary N) is 1. The van der Waals surface area contributed by atoms with Crippen LogP contribution in [0, 0.1) is 11.8 Å². The second-order valence-electron chi connectivity index (χ2n) is 5.20. The molecule has 0 heterocycles. The molecule has 3 nitrogen and oxygen atoms in total. The Balaban J connectivity index is 0.00000256. The Morgan fingerprint density at radius 1 is 1.47 bits per heavy atom. The number of hydrogen-bond acceptors (Lipinski definition) is 2. The summed E-state index contributed by atoms with van der Waals surface area (Å²) in [6.07, 6.45) is 6.45. The van der Waals surface area contributed by atoms with Gasteiger partial charge in [0.15, 0.2) is 0 Å². The first kappa shape index (κ1) is 16.7. The molecule has 3 N–H and O–H groups in total. The fourth-order valence-electron chi connectivity index (χ4n) is 2.69. The summed E-state index contributed by atoms with van der Waals surface area (Å²) in [5.41, 5.74) is 5.70. The smallest absolute Gasteiger partial charge is 0.220 e. The summed E-state index contributed by atoms with van der Waals surface area (Å²) in [4.78, 5) is 11.8. The molecule has 0 aromatic rings. The molecule has 0 saturated heterocycles. The van der Waals surface area contributed by atoms with Gasteiger partial charge >= 0.3 is 0 Å². The summed E-state index contributed by atoms with van der Waals surface area (Å²) >= 11 is 0. The monoisotopic (exact) mass is 262 g/mol. The van der Waals surface area contributed by atoms with Crippen molar-refractivity contribution >= 4 is 18.3 Å². The standard InChI is InChI=1S/C13H26N2O.ClH/c1-3-5-10(2)8-13(16)15-12-7-4-6-11(12)9-14;/h10-12H,3-9,14H2,1-2H3,(H,15,16);1H. The Hall–Kier alpha value is -0.280. The lowest BCUT2D eigenvalue weighted by atomic mass is 10.00. The van der Waals surface area contributed by atoms with Crippen molar-refractivity contribution in [2.75, 3.05) is 6.54 Å². The van der Waals surface area contributed by atoms with Gasteiger partial charge in [-0.2, -0.15) is 0 Å². The number of hydrogen-bond donors (Lipinski definition) is 2. The fraction of sp³-hybridized carbons (Fsp3) is 0.923. The largest absolute Gasteiger partial charge is 0.353 e. The number of nitrogens with one attached hydrogen (secondary N) is 1. The first-order valence-corrected chi connectivity index (χ1v) is 6.66. The van der Waals surface area contributed by atoms with Crippen LogP contribution in [0.2, 0.25) is 0 Å². The van der Waals surface area contributed by atoms with E-state index in [0.29, 0.717) is 30.8 Å². The van der Waals surface area contributed by atoms with E-state index in [1.54, 1.807) is 0 Å². The quantitative estimate of drug-likeness (QED) is 0.773. The van der Waals surface area contributed by atoms with E-state index in [4.69, 9.17) is 5.73 Å². The van der Waals surface area contributed by atoms with E-state index < -0.39 is 0 Å². The van der Waals surface area contributed by atoms with Gasteiger partial charge in [0.1, 0.15) is 0 Å². The summed E-state index contributed by atoms with van der Waals surface area (Å²) in [6, 6.07) is 0.339. The van der Waals surface area contributed by atoms with Crippen LogP contribution in [0.1, 0.15) is 52.4 Å². The molecule has 1 aliphatic rings. The van der Waals surface area contributed by atoms with Crippen molar-refractivity contribution in [3.63, 3.8) is 0 Å². The van der Waals surface area contributed by atoms with Gasteiger partial charge in [0.2, 0.25) is 5.91 Å². The van der Waals surface area contributed by atoms with Crippen LogP contribution in [-0.4, -0.2) is 18.5 Å². The first-order valence-electron chi connectivity index (χ1n) is 6.66. The minimum atomic E-state index is 0. The summed E-state index contributed by atoms with van der Waals surface area (Å²) in [7, 11) is 0. The zero-order valence-electron chi connectivity index (χ0n) is 11.1. The number of rotatable bonds is 6. The molecule has 0 aromatic carbocycles. The van der Waals surface area contributed by atoms with Gasteiger partial charge in [0.05, 0.1) is 0 Å². The van der Waals surface area contributed by atoms with Crippen molar-refractivity contribution in [3.8, 4) is 0 Å². The topological polar surface area (TPSA) is 55.1 Å². The van der Waals surface area contributed by atoms with Gasteiger partial charge in [-0.15, -0.1) is 12.4 Å². The van der Waals surface area contributed by atoms with Crippen LogP contribution in [0.15, 0.2) is 0 Å². The Labute approximate surface area is 111 Å². The lowest BCUT2D eigenvalue weighted by Gasteiger charge is -2.20. The predicted molar refractivity (Wildman–Crippen MR) is 74.3 cm³/mol. The van der Waals surface area contributed by atoms with E-state index in [-0.39, 0.29) is 18.3 Å². The Kier molecular flexibility index (Phi) is 8.61. The molecule has 4 heteroatoms. The Morgan fingerprint density at radius 2 is 2.18 bits per heavy atom. The molecule has 17 heavy (non-hydrogen) atoms. The molecule has 0 aromatic heterocycles. The lowest BCUT2D eigenvalue weighted by Crippen LogP contribution is -2.40. The van der Waals surface area contributed by atoms with Crippen molar-refractivity contribution < 1.29 is 4.79 Å². The zero-order valence-corrected chi connectivity index (χ0v) is 11.9. The summed E-state index contributed by atoms with van der Waals surface area (Å²) in [5.74, 6) is 1.22. The lowest BCUT2D eigenvalue weighted by molar-refractivity contribution is -0.122. The second-order valence-corrected chi connectivity index (χ2v) is 5.20. The van der Waals surface area contributed by atoms with Crippen LogP contribution in [0.5, 0.6) is 0 Å². The number of carbonyl (C=O) groups is 1. The van der Waals surface area contributed by atoms with Crippen LogP contribution < -0.4 is 11.1 Å². The number of amides is 1. The van der Waals surface area contributed by atoms with E-state index in [1.807, 2.05) is 0 Å². The van der Waals surface area contributed by atoms with E-state index >= 15 is 0 Å². The second kappa shape index (κ2) is 8.76. The molecule has 0 aliphatic heterocycles. The number of carbonyl (C=O) groups excluding carboxylic acids is 1. The van der Waals surface area contributed by atoms with Crippen molar-refractivity contribution in [1.82, 2.24) is 5.32 Å². The molecule has 0 spiro atoms. The van der Waals surface area contributed by atoms with E-state index in [1.165, 1.54) is 12.8 Å². The molecule has 102 valence electrons. The van der Waals surface area contributed by atoms with Crippen LogP contribution in [0.4, 0.5) is 0 Å².